The highest BCUT2D eigenvalue weighted by atomic mass is 31.1. The average Bonchev–Trinajstić information content (AvgIpc) is 2.58. The topological polar surface area (TPSA) is 17.1 Å². The third kappa shape index (κ3) is 3.43. The summed E-state index contributed by atoms with van der Waals surface area (Å²) in [6.07, 6.45) is 9.51. The molecule has 0 N–H and O–H groups in total. The zero-order chi connectivity index (χ0) is 15.3. The molecule has 0 radical (unpaired) electrons. The summed E-state index contributed by atoms with van der Waals surface area (Å²) in [4.78, 5) is 12.0. The minimum Gasteiger partial charge on any atom is -0.302 e. The predicted octanol–water partition coefficient (Wildman–Crippen LogP) is 3.43. The van der Waals surface area contributed by atoms with Crippen LogP contribution in [0.5, 0.6) is 0 Å². The molecule has 0 aliphatic heterocycles. The Labute approximate surface area is 135 Å². The van der Waals surface area contributed by atoms with Crippen molar-refractivity contribution in [2.75, 3.05) is 0 Å². The third-order valence-electron chi connectivity index (χ3n) is 3.73. The maximum Gasteiger partial charge on any atom is 0.135 e. The highest BCUT2D eigenvalue weighted by Crippen LogP contribution is 2.44. The van der Waals surface area contributed by atoms with Crippen LogP contribution < -0.4 is 10.6 Å². The fraction of sp³-hybridized carbons (Fsp3) is 0.105. The summed E-state index contributed by atoms with van der Waals surface area (Å²) in [6.45, 7) is 0. The van der Waals surface area contributed by atoms with E-state index in [1.165, 1.54) is 10.6 Å². The molecule has 2 aromatic rings. The minimum atomic E-state index is -0.412. The Hall–Kier alpha value is -1.55. The van der Waals surface area contributed by atoms with Crippen LogP contribution in [0.25, 0.3) is 0 Å². The molecule has 0 aromatic heterocycles. The zero-order valence-corrected chi connectivity index (χ0v) is 14.1. The minimum absolute atomic E-state index is 0.232. The first-order valence-corrected chi connectivity index (χ1v) is 9.37. The van der Waals surface area contributed by atoms with Crippen molar-refractivity contribution in [3.8, 4) is 0 Å². The summed E-state index contributed by atoms with van der Waals surface area (Å²) in [5, 5.41) is 2.12. The number of allylic oxidation sites excluding steroid dienone is 4. The first kappa shape index (κ1) is 15.3. The molecule has 0 heterocycles. The van der Waals surface area contributed by atoms with E-state index in [2.05, 4.69) is 54.6 Å². The van der Waals surface area contributed by atoms with Gasteiger partial charge in [0.25, 0.3) is 0 Å². The lowest BCUT2D eigenvalue weighted by molar-refractivity contribution is -0.108. The van der Waals surface area contributed by atoms with E-state index in [4.69, 9.17) is 0 Å². The summed E-state index contributed by atoms with van der Waals surface area (Å²) < 4.78 is 0. The Kier molecular flexibility index (Phi) is 4.98. The quantitative estimate of drug-likeness (QED) is 0.608. The van der Waals surface area contributed by atoms with Gasteiger partial charge in [0.1, 0.15) is 6.29 Å². The van der Waals surface area contributed by atoms with E-state index in [-0.39, 0.29) is 5.66 Å². The molecule has 0 amide bonds. The Balaban J connectivity index is 1.88. The van der Waals surface area contributed by atoms with Gasteiger partial charge in [-0.1, -0.05) is 102 Å². The molecule has 110 valence electrons. The van der Waals surface area contributed by atoms with E-state index < -0.39 is 5.16 Å². The summed E-state index contributed by atoms with van der Waals surface area (Å²) in [5.41, 5.74) is 0.232. The Morgan fingerprint density at radius 3 is 2.14 bits per heavy atom. The second-order valence-electron chi connectivity index (χ2n) is 5.27. The molecule has 0 saturated heterocycles. The van der Waals surface area contributed by atoms with Gasteiger partial charge in [0, 0.05) is 5.66 Å². The van der Waals surface area contributed by atoms with Crippen LogP contribution in [-0.2, 0) is 4.79 Å². The molecule has 1 nitrogen and oxygen atoms in total. The molecule has 3 rings (SSSR count). The summed E-state index contributed by atoms with van der Waals surface area (Å²) in [7, 11) is 1.06. The lowest BCUT2D eigenvalue weighted by atomic mass is 10.0. The van der Waals surface area contributed by atoms with Gasteiger partial charge < -0.3 is 4.79 Å². The van der Waals surface area contributed by atoms with Gasteiger partial charge in [0.2, 0.25) is 0 Å². The molecule has 0 spiro atoms. The summed E-state index contributed by atoms with van der Waals surface area (Å²) >= 11 is 0. The van der Waals surface area contributed by atoms with E-state index >= 15 is 0 Å². The van der Waals surface area contributed by atoms with E-state index in [0.29, 0.717) is 17.2 Å². The predicted molar refractivity (Wildman–Crippen MR) is 99.6 cm³/mol. The first-order valence-electron chi connectivity index (χ1n) is 7.30. The van der Waals surface area contributed by atoms with Gasteiger partial charge >= 0.3 is 0 Å². The number of hydrogen-bond donors (Lipinski definition) is 0. The normalized spacial score (nSPS) is 24.5. The van der Waals surface area contributed by atoms with Crippen LogP contribution in [-0.4, -0.2) is 17.1 Å². The standard InChI is InChI=1S/C19H18OP2/c20-15-19(22-17-11-5-2-6-12-17)14-8-7-13-18(19)21-16-9-3-1-4-10-16/h1-15,18,21-22H. The van der Waals surface area contributed by atoms with Crippen molar-refractivity contribution in [2.45, 2.75) is 10.8 Å². The van der Waals surface area contributed by atoms with E-state index in [0.717, 1.165) is 6.29 Å². The number of hydrogen-bond acceptors (Lipinski definition) is 1. The van der Waals surface area contributed by atoms with E-state index in [1.807, 2.05) is 30.3 Å². The second kappa shape index (κ2) is 7.14. The van der Waals surface area contributed by atoms with Crippen LogP contribution in [0.3, 0.4) is 0 Å². The summed E-state index contributed by atoms with van der Waals surface area (Å²) in [5.74, 6) is 0. The Morgan fingerprint density at radius 2 is 1.50 bits per heavy atom. The molecule has 0 fully saturated rings. The lowest BCUT2D eigenvalue weighted by Crippen LogP contribution is -2.37. The smallest absolute Gasteiger partial charge is 0.135 e. The highest BCUT2D eigenvalue weighted by molar-refractivity contribution is 7.54. The van der Waals surface area contributed by atoms with Gasteiger partial charge in [-0.05, 0) is 10.6 Å². The van der Waals surface area contributed by atoms with E-state index in [1.54, 1.807) is 0 Å². The maximum atomic E-state index is 12.0. The first-order chi connectivity index (χ1) is 10.8. The fourth-order valence-corrected chi connectivity index (χ4v) is 5.70. The van der Waals surface area contributed by atoms with Gasteiger partial charge in [-0.3, -0.25) is 0 Å². The van der Waals surface area contributed by atoms with Crippen LogP contribution in [0, 0.1) is 0 Å². The molecule has 4 unspecified atom stereocenters. The molecular weight excluding hydrogens is 306 g/mol. The molecule has 2 aromatic carbocycles. The molecule has 4 atom stereocenters. The molecule has 22 heavy (non-hydrogen) atoms. The number of aldehydes is 1. The van der Waals surface area contributed by atoms with Gasteiger partial charge in [-0.25, -0.2) is 0 Å². The van der Waals surface area contributed by atoms with Crippen LogP contribution in [0.15, 0.2) is 85.0 Å². The fourth-order valence-electron chi connectivity index (χ4n) is 2.57. The molecule has 0 saturated carbocycles. The second-order valence-corrected chi connectivity index (χ2v) is 8.46. The molecule has 3 heteroatoms. The average molecular weight is 324 g/mol. The molecule has 1 aliphatic carbocycles. The van der Waals surface area contributed by atoms with Gasteiger partial charge in [0.15, 0.2) is 0 Å². The van der Waals surface area contributed by atoms with Crippen LogP contribution in [0.2, 0.25) is 0 Å². The molecular formula is C19H18OP2. The van der Waals surface area contributed by atoms with E-state index in [9.17, 15) is 4.79 Å². The van der Waals surface area contributed by atoms with Gasteiger partial charge in [-0.2, -0.15) is 0 Å². The van der Waals surface area contributed by atoms with Crippen molar-refractivity contribution in [2.24, 2.45) is 0 Å². The van der Waals surface area contributed by atoms with Crippen molar-refractivity contribution in [3.05, 3.63) is 85.0 Å². The number of carbonyl (C=O) groups is 1. The SMILES string of the molecule is O=CC1(Pc2ccccc2)C=CC=CC1Pc1ccccc1. The Morgan fingerprint density at radius 1 is 0.864 bits per heavy atom. The monoisotopic (exact) mass is 324 g/mol. The lowest BCUT2D eigenvalue weighted by Gasteiger charge is -2.34. The molecule has 1 aliphatic rings. The Bertz CT molecular complexity index is 679. The zero-order valence-electron chi connectivity index (χ0n) is 12.1. The van der Waals surface area contributed by atoms with Gasteiger partial charge in [0.05, 0.1) is 5.16 Å². The van der Waals surface area contributed by atoms with Crippen molar-refractivity contribution >= 4 is 34.1 Å². The number of benzene rings is 2. The van der Waals surface area contributed by atoms with Crippen LogP contribution in [0.1, 0.15) is 0 Å². The van der Waals surface area contributed by atoms with Crippen LogP contribution in [0.4, 0.5) is 0 Å². The number of rotatable bonds is 5. The van der Waals surface area contributed by atoms with Crippen molar-refractivity contribution < 1.29 is 4.79 Å². The van der Waals surface area contributed by atoms with Crippen LogP contribution >= 0.6 is 17.2 Å². The van der Waals surface area contributed by atoms with Crippen molar-refractivity contribution in [3.63, 3.8) is 0 Å². The van der Waals surface area contributed by atoms with Gasteiger partial charge in [-0.15, -0.1) is 0 Å². The third-order valence-corrected chi connectivity index (χ3v) is 7.31. The summed E-state index contributed by atoms with van der Waals surface area (Å²) in [6, 6.07) is 20.8. The van der Waals surface area contributed by atoms with Crippen molar-refractivity contribution in [1.82, 2.24) is 0 Å². The van der Waals surface area contributed by atoms with Crippen molar-refractivity contribution in [1.29, 1.82) is 0 Å². The number of carbonyl (C=O) groups excluding carboxylic acids is 1. The largest absolute Gasteiger partial charge is 0.302 e. The molecule has 0 bridgehead atoms. The maximum absolute atomic E-state index is 12.0. The highest BCUT2D eigenvalue weighted by Gasteiger charge is 2.36.